The molecule has 2 fully saturated rings. The Morgan fingerprint density at radius 2 is 1.85 bits per heavy atom. The number of thioether (sulfide) groups is 1. The van der Waals surface area contributed by atoms with Crippen LogP contribution in [-0.2, 0) is 9.59 Å². The Balaban J connectivity index is 1.55. The maximum Gasteiger partial charge on any atom is 0.238 e. The molecule has 3 rings (SSSR count). The minimum atomic E-state index is -0.358. The van der Waals surface area contributed by atoms with Crippen molar-refractivity contribution in [1.82, 2.24) is 4.90 Å². The van der Waals surface area contributed by atoms with Crippen molar-refractivity contribution >= 4 is 29.3 Å². The third-order valence-corrected chi connectivity index (χ3v) is 6.25. The van der Waals surface area contributed by atoms with Gasteiger partial charge in [-0.25, -0.2) is 0 Å². The molecule has 26 heavy (non-hydrogen) atoms. The van der Waals surface area contributed by atoms with Gasteiger partial charge >= 0.3 is 0 Å². The van der Waals surface area contributed by atoms with Crippen molar-refractivity contribution in [2.45, 2.75) is 55.9 Å². The Kier molecular flexibility index (Phi) is 6.97. The van der Waals surface area contributed by atoms with Gasteiger partial charge in [-0.05, 0) is 43.7 Å². The molecule has 2 saturated carbocycles. The predicted octanol–water partition coefficient (Wildman–Crippen LogP) is 3.25. The van der Waals surface area contributed by atoms with E-state index in [1.165, 1.54) is 56.7 Å². The average molecular weight is 376 g/mol. The zero-order chi connectivity index (χ0) is 18.4. The molecular weight excluding hydrogens is 346 g/mol. The van der Waals surface area contributed by atoms with E-state index in [0.29, 0.717) is 12.6 Å². The van der Waals surface area contributed by atoms with Gasteiger partial charge in [-0.2, -0.15) is 0 Å². The molecule has 0 aromatic heterocycles. The summed E-state index contributed by atoms with van der Waals surface area (Å²) in [5.74, 6) is 0.627. The molecule has 3 N–H and O–H groups in total. The van der Waals surface area contributed by atoms with Crippen LogP contribution in [-0.4, -0.2) is 41.6 Å². The average Bonchev–Trinajstić information content (AvgIpc) is 3.46. The van der Waals surface area contributed by atoms with E-state index in [-0.39, 0.29) is 17.6 Å². The van der Waals surface area contributed by atoms with Gasteiger partial charge in [0.25, 0.3) is 0 Å². The molecule has 2 amide bonds. The molecule has 0 radical (unpaired) electrons. The van der Waals surface area contributed by atoms with Gasteiger partial charge in [0.2, 0.25) is 11.8 Å². The van der Waals surface area contributed by atoms with Gasteiger partial charge in [0.1, 0.15) is 0 Å². The SMILES string of the molecule is NC(=O)CSc1ccccc1NC(=O)CN(CC1CCCCC1)C1CC1. The largest absolute Gasteiger partial charge is 0.369 e. The Bertz CT molecular complexity index is 627. The van der Waals surface area contributed by atoms with Crippen molar-refractivity contribution in [1.29, 1.82) is 0 Å². The smallest absolute Gasteiger partial charge is 0.238 e. The lowest BCUT2D eigenvalue weighted by Crippen LogP contribution is -2.38. The van der Waals surface area contributed by atoms with Crippen LogP contribution in [0.5, 0.6) is 0 Å². The molecule has 142 valence electrons. The molecule has 0 spiro atoms. The Labute approximate surface area is 160 Å². The van der Waals surface area contributed by atoms with Crippen molar-refractivity contribution in [2.24, 2.45) is 11.7 Å². The van der Waals surface area contributed by atoms with Crippen molar-refractivity contribution in [3.63, 3.8) is 0 Å². The number of benzene rings is 1. The third kappa shape index (κ3) is 6.02. The molecule has 0 saturated heterocycles. The Morgan fingerprint density at radius 3 is 2.54 bits per heavy atom. The number of hydrogen-bond donors (Lipinski definition) is 2. The number of anilines is 1. The van der Waals surface area contributed by atoms with E-state index in [0.717, 1.165) is 23.0 Å². The Hall–Kier alpha value is -1.53. The van der Waals surface area contributed by atoms with Crippen LogP contribution in [0.25, 0.3) is 0 Å². The lowest BCUT2D eigenvalue weighted by molar-refractivity contribution is -0.117. The molecule has 2 aliphatic rings. The van der Waals surface area contributed by atoms with E-state index in [2.05, 4.69) is 10.2 Å². The zero-order valence-electron chi connectivity index (χ0n) is 15.3. The summed E-state index contributed by atoms with van der Waals surface area (Å²) in [6, 6.07) is 8.17. The maximum atomic E-state index is 12.6. The zero-order valence-corrected chi connectivity index (χ0v) is 16.1. The van der Waals surface area contributed by atoms with Gasteiger partial charge < -0.3 is 11.1 Å². The topological polar surface area (TPSA) is 75.4 Å². The van der Waals surface area contributed by atoms with Crippen LogP contribution in [0.4, 0.5) is 5.69 Å². The van der Waals surface area contributed by atoms with Crippen LogP contribution in [0.15, 0.2) is 29.2 Å². The van der Waals surface area contributed by atoms with Crippen LogP contribution in [0.1, 0.15) is 44.9 Å². The molecule has 0 bridgehead atoms. The highest BCUT2D eigenvalue weighted by atomic mass is 32.2. The first-order valence-electron chi connectivity index (χ1n) is 9.66. The molecule has 0 unspecified atom stereocenters. The Morgan fingerprint density at radius 1 is 1.12 bits per heavy atom. The minimum absolute atomic E-state index is 0.0276. The van der Waals surface area contributed by atoms with Crippen molar-refractivity contribution in [3.05, 3.63) is 24.3 Å². The second-order valence-corrected chi connectivity index (χ2v) is 8.48. The lowest BCUT2D eigenvalue weighted by Gasteiger charge is -2.29. The van der Waals surface area contributed by atoms with Gasteiger partial charge in [-0.15, -0.1) is 11.8 Å². The van der Waals surface area contributed by atoms with Crippen LogP contribution in [0.2, 0.25) is 0 Å². The van der Waals surface area contributed by atoms with E-state index in [4.69, 9.17) is 5.73 Å². The van der Waals surface area contributed by atoms with Crippen LogP contribution in [0.3, 0.4) is 0 Å². The molecule has 0 aliphatic heterocycles. The first kappa shape index (κ1) is 19.2. The summed E-state index contributed by atoms with van der Waals surface area (Å²) in [5, 5.41) is 3.03. The molecule has 1 aromatic rings. The van der Waals surface area contributed by atoms with E-state index < -0.39 is 0 Å². The fourth-order valence-corrected chi connectivity index (χ4v) is 4.45. The predicted molar refractivity (Wildman–Crippen MR) is 106 cm³/mol. The normalized spacial score (nSPS) is 18.0. The number of nitrogens with one attached hydrogen (secondary N) is 1. The van der Waals surface area contributed by atoms with E-state index in [1.807, 2.05) is 24.3 Å². The quantitative estimate of drug-likeness (QED) is 0.650. The molecule has 5 nitrogen and oxygen atoms in total. The molecule has 2 aliphatic carbocycles. The highest BCUT2D eigenvalue weighted by molar-refractivity contribution is 8.00. The summed E-state index contributed by atoms with van der Waals surface area (Å²) in [5.41, 5.74) is 5.99. The fraction of sp³-hybridized carbons (Fsp3) is 0.600. The van der Waals surface area contributed by atoms with Crippen molar-refractivity contribution < 1.29 is 9.59 Å². The minimum Gasteiger partial charge on any atom is -0.369 e. The summed E-state index contributed by atoms with van der Waals surface area (Å²) in [4.78, 5) is 26.9. The molecule has 1 aromatic carbocycles. The standard InChI is InChI=1S/C20H29N3O2S/c21-19(24)14-26-18-9-5-4-8-17(18)22-20(25)13-23(16-10-11-16)12-15-6-2-1-3-7-15/h4-5,8-9,15-16H,1-3,6-7,10-14H2,(H2,21,24)(H,22,25). The number of para-hydroxylation sites is 1. The number of nitrogens with zero attached hydrogens (tertiary/aromatic N) is 1. The van der Waals surface area contributed by atoms with Gasteiger partial charge in [0, 0.05) is 17.5 Å². The molecule has 0 atom stereocenters. The number of carbonyl (C=O) groups is 2. The van der Waals surface area contributed by atoms with E-state index in [9.17, 15) is 9.59 Å². The van der Waals surface area contributed by atoms with Gasteiger partial charge in [-0.1, -0.05) is 31.4 Å². The van der Waals surface area contributed by atoms with Crippen LogP contribution >= 0.6 is 11.8 Å². The summed E-state index contributed by atoms with van der Waals surface area (Å²) in [7, 11) is 0. The van der Waals surface area contributed by atoms with Crippen LogP contribution in [0, 0.1) is 5.92 Å². The lowest BCUT2D eigenvalue weighted by atomic mass is 9.89. The number of amides is 2. The van der Waals surface area contributed by atoms with Crippen molar-refractivity contribution in [3.8, 4) is 0 Å². The number of rotatable bonds is 9. The van der Waals surface area contributed by atoms with Gasteiger partial charge in [0.15, 0.2) is 0 Å². The number of nitrogens with two attached hydrogens (primary N) is 1. The van der Waals surface area contributed by atoms with Gasteiger partial charge in [-0.3, -0.25) is 14.5 Å². The fourth-order valence-electron chi connectivity index (χ4n) is 3.70. The van der Waals surface area contributed by atoms with Crippen molar-refractivity contribution in [2.75, 3.05) is 24.2 Å². The summed E-state index contributed by atoms with van der Waals surface area (Å²) in [6.07, 6.45) is 9.06. The molecular formula is C20H29N3O2S. The monoisotopic (exact) mass is 375 g/mol. The summed E-state index contributed by atoms with van der Waals surface area (Å²) >= 11 is 1.36. The summed E-state index contributed by atoms with van der Waals surface area (Å²) in [6.45, 7) is 1.51. The second-order valence-electron chi connectivity index (χ2n) is 7.46. The number of hydrogen-bond acceptors (Lipinski definition) is 4. The van der Waals surface area contributed by atoms with Crippen LogP contribution < -0.4 is 11.1 Å². The molecule has 6 heteroatoms. The highest BCUT2D eigenvalue weighted by Crippen LogP contribution is 2.31. The first-order chi connectivity index (χ1) is 12.6. The van der Waals surface area contributed by atoms with Gasteiger partial charge in [0.05, 0.1) is 18.0 Å². The number of primary amides is 1. The van der Waals surface area contributed by atoms with E-state index >= 15 is 0 Å². The second kappa shape index (κ2) is 9.42. The highest BCUT2D eigenvalue weighted by Gasteiger charge is 2.32. The maximum absolute atomic E-state index is 12.6. The first-order valence-corrected chi connectivity index (χ1v) is 10.6. The number of carbonyl (C=O) groups excluding carboxylic acids is 2. The molecule has 0 heterocycles. The summed E-state index contributed by atoms with van der Waals surface area (Å²) < 4.78 is 0. The van der Waals surface area contributed by atoms with E-state index in [1.54, 1.807) is 0 Å². The third-order valence-electron chi connectivity index (χ3n) is 5.16.